The van der Waals surface area contributed by atoms with Crippen molar-refractivity contribution in [3.63, 3.8) is 0 Å². The summed E-state index contributed by atoms with van der Waals surface area (Å²) in [4.78, 5) is 51.1. The molecule has 1 saturated heterocycles. The van der Waals surface area contributed by atoms with Gasteiger partial charge in [0.15, 0.2) is 0 Å². The van der Waals surface area contributed by atoms with Gasteiger partial charge in [0, 0.05) is 30.4 Å². The van der Waals surface area contributed by atoms with Crippen molar-refractivity contribution in [2.45, 2.75) is 38.3 Å². The third-order valence-corrected chi connectivity index (χ3v) is 4.97. The Bertz CT molecular complexity index is 1300. The lowest BCUT2D eigenvalue weighted by Gasteiger charge is -2.15. The van der Waals surface area contributed by atoms with Crippen LogP contribution in [-0.4, -0.2) is 51.9 Å². The molecule has 4 heterocycles. The van der Waals surface area contributed by atoms with Gasteiger partial charge in [0.1, 0.15) is 18.0 Å². The molecule has 0 aliphatic carbocycles. The summed E-state index contributed by atoms with van der Waals surface area (Å²) in [6.07, 6.45) is 3.33. The maximum absolute atomic E-state index is 12.2. The van der Waals surface area contributed by atoms with Gasteiger partial charge in [-0.1, -0.05) is 5.21 Å². The summed E-state index contributed by atoms with van der Waals surface area (Å²) in [5.41, 5.74) is -1.32. The van der Waals surface area contributed by atoms with E-state index in [1.54, 1.807) is 13.1 Å². The smallest absolute Gasteiger partial charge is 0.330 e. The summed E-state index contributed by atoms with van der Waals surface area (Å²) in [5.74, 6) is 0. The highest BCUT2D eigenvalue weighted by Gasteiger charge is 2.38. The fourth-order valence-corrected chi connectivity index (χ4v) is 3.42. The number of hydrogen-bond acceptors (Lipinski definition) is 8. The average molecular weight is 417 g/mol. The lowest BCUT2D eigenvalue weighted by atomic mass is 10.1. The molecule has 1 fully saturated rings. The summed E-state index contributed by atoms with van der Waals surface area (Å²) in [7, 11) is 0. The zero-order chi connectivity index (χ0) is 21.4. The van der Waals surface area contributed by atoms with Gasteiger partial charge in [-0.25, -0.2) is 14.3 Å². The Balaban J connectivity index is 1.57. The summed E-state index contributed by atoms with van der Waals surface area (Å²) in [6, 6.07) is 0.806. The van der Waals surface area contributed by atoms with Gasteiger partial charge in [-0.15, -0.1) is 5.10 Å². The first-order valence-corrected chi connectivity index (χ1v) is 9.14. The van der Waals surface area contributed by atoms with Gasteiger partial charge in [0.05, 0.1) is 25.4 Å². The van der Waals surface area contributed by atoms with Crippen LogP contribution in [0.15, 0.2) is 43.8 Å². The molecular weight excluding hydrogens is 398 g/mol. The second-order valence-corrected chi connectivity index (χ2v) is 7.02. The summed E-state index contributed by atoms with van der Waals surface area (Å²) < 4.78 is 9.87. The number of aliphatic hydroxyl groups excluding tert-OH is 1. The Morgan fingerprint density at radius 3 is 2.73 bits per heavy atom. The minimum Gasteiger partial charge on any atom is -0.394 e. The van der Waals surface area contributed by atoms with Gasteiger partial charge in [-0.2, -0.15) is 0 Å². The maximum atomic E-state index is 12.2. The molecule has 3 atom stereocenters. The molecule has 0 spiro atoms. The fourth-order valence-electron chi connectivity index (χ4n) is 3.42. The largest absolute Gasteiger partial charge is 0.394 e. The van der Waals surface area contributed by atoms with Crippen LogP contribution in [0, 0.1) is 6.92 Å². The molecule has 13 heteroatoms. The molecule has 0 saturated carbocycles. The molecule has 158 valence electrons. The SMILES string of the molecule is Cc1cn([C@H]2C[C@H](n3cc(Cn4ccc(=O)[nH]c4=O)nn3)[C@@H](CO)O2)c(=O)[nH]c1=O. The van der Waals surface area contributed by atoms with E-state index in [4.69, 9.17) is 4.74 Å². The molecule has 3 aromatic rings. The number of aliphatic hydroxyl groups is 1. The minimum atomic E-state index is -0.704. The van der Waals surface area contributed by atoms with Crippen LogP contribution in [0.2, 0.25) is 0 Å². The Hall–Kier alpha value is -3.58. The van der Waals surface area contributed by atoms with Gasteiger partial charge in [0.25, 0.3) is 11.1 Å². The molecule has 4 rings (SSSR count). The minimum absolute atomic E-state index is 0.0922. The molecular formula is C17H19N7O6. The predicted molar refractivity (Wildman–Crippen MR) is 101 cm³/mol. The molecule has 13 nitrogen and oxygen atoms in total. The maximum Gasteiger partial charge on any atom is 0.330 e. The first-order valence-electron chi connectivity index (χ1n) is 9.14. The third kappa shape index (κ3) is 3.67. The van der Waals surface area contributed by atoms with Crippen LogP contribution >= 0.6 is 0 Å². The van der Waals surface area contributed by atoms with E-state index in [0.29, 0.717) is 17.7 Å². The predicted octanol–water partition coefficient (Wildman–Crippen LogP) is -2.14. The highest BCUT2D eigenvalue weighted by atomic mass is 16.5. The van der Waals surface area contributed by atoms with E-state index in [1.165, 1.54) is 32.3 Å². The van der Waals surface area contributed by atoms with Gasteiger partial charge in [0.2, 0.25) is 0 Å². The zero-order valence-corrected chi connectivity index (χ0v) is 15.9. The molecule has 0 aromatic carbocycles. The van der Waals surface area contributed by atoms with E-state index in [9.17, 15) is 24.3 Å². The van der Waals surface area contributed by atoms with Crippen molar-refractivity contribution in [3.05, 3.63) is 77.6 Å². The molecule has 1 aliphatic heterocycles. The number of aryl methyl sites for hydroxylation is 1. The van der Waals surface area contributed by atoms with Crippen LogP contribution in [0.4, 0.5) is 0 Å². The van der Waals surface area contributed by atoms with Gasteiger partial charge in [-0.05, 0) is 6.92 Å². The molecule has 1 aliphatic rings. The van der Waals surface area contributed by atoms with E-state index < -0.39 is 40.9 Å². The van der Waals surface area contributed by atoms with Crippen molar-refractivity contribution in [1.29, 1.82) is 0 Å². The van der Waals surface area contributed by atoms with E-state index >= 15 is 0 Å². The van der Waals surface area contributed by atoms with Crippen molar-refractivity contribution in [1.82, 2.24) is 34.1 Å². The average Bonchev–Trinajstić information content (AvgIpc) is 3.33. The second kappa shape index (κ2) is 7.68. The standard InChI is InChI=1S/C17H19N7O6/c1-9-5-23(17(29)19-15(9)27)14-4-11(12(8-25)30-14)24-7-10(20-21-24)6-22-3-2-13(26)18-16(22)28/h2-3,5,7,11-12,14,25H,4,6,8H2,1H3,(H,18,26,28)(H,19,27,29)/t11-,12+,14+/m0/s1. The van der Waals surface area contributed by atoms with Crippen molar-refractivity contribution in [2.24, 2.45) is 0 Å². The summed E-state index contributed by atoms with van der Waals surface area (Å²) >= 11 is 0. The lowest BCUT2D eigenvalue weighted by molar-refractivity contribution is -0.0323. The molecule has 3 N–H and O–H groups in total. The molecule has 0 radical (unpaired) electrons. The fraction of sp³-hybridized carbons (Fsp3) is 0.412. The molecule has 30 heavy (non-hydrogen) atoms. The normalized spacial score (nSPS) is 21.2. The number of ether oxygens (including phenoxy) is 1. The van der Waals surface area contributed by atoms with E-state index in [2.05, 4.69) is 20.3 Å². The highest BCUT2D eigenvalue weighted by molar-refractivity contribution is 5.03. The number of rotatable bonds is 5. The van der Waals surface area contributed by atoms with Gasteiger partial charge in [-0.3, -0.25) is 28.7 Å². The first-order chi connectivity index (χ1) is 14.4. The Morgan fingerprint density at radius 2 is 2.00 bits per heavy atom. The lowest BCUT2D eigenvalue weighted by Crippen LogP contribution is -2.33. The first kappa shape index (κ1) is 19.7. The van der Waals surface area contributed by atoms with E-state index in [1.807, 2.05) is 0 Å². The van der Waals surface area contributed by atoms with E-state index in [-0.39, 0.29) is 13.2 Å². The second-order valence-electron chi connectivity index (χ2n) is 7.02. The molecule has 0 bridgehead atoms. The third-order valence-electron chi connectivity index (χ3n) is 4.97. The van der Waals surface area contributed by atoms with Gasteiger partial charge < -0.3 is 9.84 Å². The monoisotopic (exact) mass is 417 g/mol. The summed E-state index contributed by atoms with van der Waals surface area (Å²) in [6.45, 7) is 1.36. The molecule has 0 unspecified atom stereocenters. The molecule has 0 amide bonds. The van der Waals surface area contributed by atoms with Crippen LogP contribution in [0.5, 0.6) is 0 Å². The van der Waals surface area contributed by atoms with Crippen LogP contribution in [0.3, 0.4) is 0 Å². The van der Waals surface area contributed by atoms with Gasteiger partial charge >= 0.3 is 11.4 Å². The quantitative estimate of drug-likeness (QED) is 0.422. The number of H-pyrrole nitrogens is 2. The number of aromatic nitrogens is 7. The van der Waals surface area contributed by atoms with E-state index in [0.717, 1.165) is 0 Å². The van der Waals surface area contributed by atoms with Crippen LogP contribution in [-0.2, 0) is 11.3 Å². The topological polar surface area (TPSA) is 170 Å². The number of aromatic amines is 2. The number of hydrogen-bond donors (Lipinski definition) is 3. The van der Waals surface area contributed by atoms with Crippen molar-refractivity contribution < 1.29 is 9.84 Å². The number of nitrogens with one attached hydrogen (secondary N) is 2. The Labute approximate surface area is 167 Å². The highest BCUT2D eigenvalue weighted by Crippen LogP contribution is 2.35. The van der Waals surface area contributed by atoms with Crippen LogP contribution in [0.1, 0.15) is 29.9 Å². The number of nitrogens with zero attached hydrogens (tertiary/aromatic N) is 5. The Morgan fingerprint density at radius 1 is 1.20 bits per heavy atom. The summed E-state index contributed by atoms with van der Waals surface area (Å²) in [5, 5.41) is 17.8. The van der Waals surface area contributed by atoms with Crippen molar-refractivity contribution >= 4 is 0 Å². The zero-order valence-electron chi connectivity index (χ0n) is 15.9. The van der Waals surface area contributed by atoms with Crippen molar-refractivity contribution in [2.75, 3.05) is 6.61 Å². The van der Waals surface area contributed by atoms with Crippen LogP contribution < -0.4 is 22.5 Å². The Kier molecular flexibility index (Phi) is 5.05. The van der Waals surface area contributed by atoms with Crippen LogP contribution in [0.25, 0.3) is 0 Å². The van der Waals surface area contributed by atoms with Crippen molar-refractivity contribution in [3.8, 4) is 0 Å². The molecule has 3 aromatic heterocycles.